The first-order valence-electron chi connectivity index (χ1n) is 8.75. The zero-order valence-electron chi connectivity index (χ0n) is 14.3. The first kappa shape index (κ1) is 17.8. The minimum absolute atomic E-state index is 0.228. The van der Waals surface area contributed by atoms with E-state index in [0.29, 0.717) is 13.0 Å². The minimum atomic E-state index is 0.228. The Hall–Kier alpha value is -2.04. The largest absolute Gasteiger partial charge is 0.368 e. The van der Waals surface area contributed by atoms with E-state index in [2.05, 4.69) is 28.4 Å². The van der Waals surface area contributed by atoms with Gasteiger partial charge in [-0.2, -0.15) is 0 Å². The van der Waals surface area contributed by atoms with Crippen molar-refractivity contribution in [3.8, 4) is 0 Å². The fraction of sp³-hybridized carbons (Fsp3) is 0.350. The predicted molar refractivity (Wildman–Crippen MR) is 103 cm³/mol. The van der Waals surface area contributed by atoms with E-state index in [-0.39, 0.29) is 5.91 Å². The van der Waals surface area contributed by atoms with Gasteiger partial charge in [-0.15, -0.1) is 0 Å². The molecule has 25 heavy (non-hydrogen) atoms. The normalized spacial score (nSPS) is 14.6. The molecule has 1 aliphatic heterocycles. The van der Waals surface area contributed by atoms with Gasteiger partial charge in [0.15, 0.2) is 0 Å². The molecule has 0 aromatic heterocycles. The summed E-state index contributed by atoms with van der Waals surface area (Å²) in [4.78, 5) is 16.6. The highest BCUT2D eigenvalue weighted by atomic mass is 35.5. The van der Waals surface area contributed by atoms with E-state index in [1.54, 1.807) is 0 Å². The molecule has 4 nitrogen and oxygen atoms in total. The Morgan fingerprint density at radius 1 is 1.00 bits per heavy atom. The van der Waals surface area contributed by atoms with Crippen molar-refractivity contribution >= 4 is 23.2 Å². The minimum Gasteiger partial charge on any atom is -0.368 e. The van der Waals surface area contributed by atoms with Gasteiger partial charge in [0.1, 0.15) is 0 Å². The molecule has 3 rings (SSSR count). The van der Waals surface area contributed by atoms with Crippen LogP contribution in [-0.2, 0) is 11.3 Å². The van der Waals surface area contributed by atoms with E-state index in [0.717, 1.165) is 43.4 Å². The maximum atomic E-state index is 12.4. The van der Waals surface area contributed by atoms with E-state index < -0.39 is 0 Å². The van der Waals surface area contributed by atoms with Crippen molar-refractivity contribution in [1.29, 1.82) is 0 Å². The zero-order chi connectivity index (χ0) is 17.5. The van der Waals surface area contributed by atoms with Crippen molar-refractivity contribution in [3.63, 3.8) is 0 Å². The number of hydrogen-bond donors (Lipinski definition) is 1. The van der Waals surface area contributed by atoms with Gasteiger partial charge >= 0.3 is 0 Å². The number of benzene rings is 2. The molecule has 2 aromatic rings. The Balaban J connectivity index is 1.38. The topological polar surface area (TPSA) is 35.6 Å². The van der Waals surface area contributed by atoms with Crippen LogP contribution in [0.5, 0.6) is 0 Å². The Kier molecular flexibility index (Phi) is 6.31. The van der Waals surface area contributed by atoms with Crippen molar-refractivity contribution in [2.24, 2.45) is 0 Å². The third-order valence-corrected chi connectivity index (χ3v) is 4.73. The maximum absolute atomic E-state index is 12.4. The highest BCUT2D eigenvalue weighted by molar-refractivity contribution is 6.30. The van der Waals surface area contributed by atoms with Crippen LogP contribution in [0.1, 0.15) is 12.0 Å². The molecular weight excluding hydrogens is 334 g/mol. The Labute approximate surface area is 154 Å². The summed E-state index contributed by atoms with van der Waals surface area (Å²) in [5.74, 6) is 0.228. The van der Waals surface area contributed by atoms with Crippen LogP contribution in [0, 0.1) is 0 Å². The smallest absolute Gasteiger partial charge is 0.223 e. The van der Waals surface area contributed by atoms with E-state index in [9.17, 15) is 4.79 Å². The second-order valence-electron chi connectivity index (χ2n) is 6.26. The summed E-state index contributed by atoms with van der Waals surface area (Å²) in [6.07, 6.45) is 0.546. The Bertz CT molecular complexity index is 684. The van der Waals surface area contributed by atoms with Gasteiger partial charge in [-0.25, -0.2) is 0 Å². The summed E-state index contributed by atoms with van der Waals surface area (Å²) in [5.41, 5.74) is 2.37. The Morgan fingerprint density at radius 2 is 1.76 bits per heavy atom. The molecule has 0 bridgehead atoms. The first-order valence-corrected chi connectivity index (χ1v) is 9.13. The second kappa shape index (κ2) is 8.88. The molecule has 1 amide bonds. The summed E-state index contributed by atoms with van der Waals surface area (Å²) in [6.45, 7) is 4.75. The number of nitrogens with one attached hydrogen (secondary N) is 1. The number of carbonyl (C=O) groups excluding carboxylic acids is 1. The van der Waals surface area contributed by atoms with Gasteiger partial charge in [-0.05, 0) is 23.8 Å². The third kappa shape index (κ3) is 5.21. The van der Waals surface area contributed by atoms with Crippen LogP contribution < -0.4 is 10.2 Å². The summed E-state index contributed by atoms with van der Waals surface area (Å²) < 4.78 is 0. The number of hydrogen-bond acceptors (Lipinski definition) is 3. The molecule has 0 unspecified atom stereocenters. The predicted octanol–water partition coefficient (Wildman–Crippen LogP) is 3.17. The quantitative estimate of drug-likeness (QED) is 0.806. The molecule has 0 spiro atoms. The fourth-order valence-corrected chi connectivity index (χ4v) is 3.25. The summed E-state index contributed by atoms with van der Waals surface area (Å²) in [6, 6.07) is 18.1. The highest BCUT2D eigenvalue weighted by Gasteiger charge is 2.20. The van der Waals surface area contributed by atoms with Gasteiger partial charge in [0.05, 0.1) is 0 Å². The highest BCUT2D eigenvalue weighted by Crippen LogP contribution is 2.20. The number of halogens is 1. The number of rotatable bonds is 6. The maximum Gasteiger partial charge on any atom is 0.223 e. The second-order valence-corrected chi connectivity index (χ2v) is 6.70. The molecule has 0 aliphatic carbocycles. The zero-order valence-corrected chi connectivity index (χ0v) is 15.1. The number of nitrogens with zero attached hydrogens (tertiary/aromatic N) is 2. The summed E-state index contributed by atoms with van der Waals surface area (Å²) in [7, 11) is 0. The molecule has 1 saturated heterocycles. The van der Waals surface area contributed by atoms with Crippen LogP contribution in [0.15, 0.2) is 54.6 Å². The van der Waals surface area contributed by atoms with Gasteiger partial charge < -0.3 is 15.1 Å². The lowest BCUT2D eigenvalue weighted by Crippen LogP contribution is -2.49. The van der Waals surface area contributed by atoms with Gasteiger partial charge in [0.2, 0.25) is 5.91 Å². The van der Waals surface area contributed by atoms with Gasteiger partial charge in [-0.3, -0.25) is 4.79 Å². The third-order valence-electron chi connectivity index (χ3n) is 4.49. The van der Waals surface area contributed by atoms with Crippen LogP contribution in [0.3, 0.4) is 0 Å². The van der Waals surface area contributed by atoms with Gasteiger partial charge in [-0.1, -0.05) is 48.0 Å². The average Bonchev–Trinajstić information content (AvgIpc) is 2.66. The summed E-state index contributed by atoms with van der Waals surface area (Å²) in [5, 5.41) is 4.09. The molecule has 0 atom stereocenters. The summed E-state index contributed by atoms with van der Waals surface area (Å²) >= 11 is 6.06. The number of amides is 1. The monoisotopic (exact) mass is 357 g/mol. The van der Waals surface area contributed by atoms with Crippen molar-refractivity contribution in [2.75, 3.05) is 37.6 Å². The first-order chi connectivity index (χ1) is 12.2. The number of piperazine rings is 1. The Morgan fingerprint density at radius 3 is 2.48 bits per heavy atom. The molecule has 1 N–H and O–H groups in total. The van der Waals surface area contributed by atoms with Crippen LogP contribution in [0.25, 0.3) is 0 Å². The van der Waals surface area contributed by atoms with Crippen LogP contribution in [0.2, 0.25) is 5.02 Å². The van der Waals surface area contributed by atoms with Crippen molar-refractivity contribution < 1.29 is 4.79 Å². The van der Waals surface area contributed by atoms with E-state index in [1.165, 1.54) is 5.56 Å². The lowest BCUT2D eigenvalue weighted by Gasteiger charge is -2.36. The van der Waals surface area contributed by atoms with E-state index in [4.69, 9.17) is 11.6 Å². The van der Waals surface area contributed by atoms with Gasteiger partial charge in [0.25, 0.3) is 0 Å². The van der Waals surface area contributed by atoms with Crippen molar-refractivity contribution in [2.45, 2.75) is 13.0 Å². The van der Waals surface area contributed by atoms with Crippen molar-refractivity contribution in [1.82, 2.24) is 10.2 Å². The standard InChI is InChI=1S/C20H24ClN3O/c21-18-7-4-8-19(15-18)23-11-13-24(14-12-23)20(25)9-10-22-16-17-5-2-1-3-6-17/h1-8,15,22H,9-14,16H2. The lowest BCUT2D eigenvalue weighted by molar-refractivity contribution is -0.131. The number of anilines is 1. The molecule has 1 aliphatic rings. The van der Waals surface area contributed by atoms with E-state index >= 15 is 0 Å². The molecule has 1 heterocycles. The molecule has 2 aromatic carbocycles. The average molecular weight is 358 g/mol. The molecule has 1 fully saturated rings. The molecule has 5 heteroatoms. The van der Waals surface area contributed by atoms with Gasteiger partial charge in [0, 0.05) is 56.4 Å². The van der Waals surface area contributed by atoms with E-state index in [1.807, 2.05) is 41.3 Å². The number of carbonyl (C=O) groups is 1. The van der Waals surface area contributed by atoms with Crippen LogP contribution in [-0.4, -0.2) is 43.5 Å². The lowest BCUT2D eigenvalue weighted by atomic mass is 10.2. The van der Waals surface area contributed by atoms with Crippen molar-refractivity contribution in [3.05, 3.63) is 65.2 Å². The molecule has 132 valence electrons. The fourth-order valence-electron chi connectivity index (χ4n) is 3.07. The van der Waals surface area contributed by atoms with Crippen LogP contribution in [0.4, 0.5) is 5.69 Å². The molecular formula is C20H24ClN3O. The SMILES string of the molecule is O=C(CCNCc1ccccc1)N1CCN(c2cccc(Cl)c2)CC1. The molecule has 0 saturated carbocycles. The van der Waals surface area contributed by atoms with Crippen LogP contribution >= 0.6 is 11.6 Å². The molecule has 0 radical (unpaired) electrons.